The zero-order valence-electron chi connectivity index (χ0n) is 11.3. The molecular weight excluding hydrogens is 354 g/mol. The average Bonchev–Trinajstić information content (AvgIpc) is 2.42. The molecule has 0 atom stereocenters. The second-order valence-electron chi connectivity index (χ2n) is 5.17. The maximum atomic E-state index is 13.0. The third kappa shape index (κ3) is 5.36. The number of likely N-dealkylation sites (tertiary alicyclic amines) is 1. The van der Waals surface area contributed by atoms with Crippen LogP contribution in [0.25, 0.3) is 0 Å². The fourth-order valence-electron chi connectivity index (χ4n) is 2.50. The molecule has 2 nitrogen and oxygen atoms in total. The van der Waals surface area contributed by atoms with Gasteiger partial charge >= 0.3 is 0 Å². The molecule has 1 aliphatic rings. The van der Waals surface area contributed by atoms with Crippen LogP contribution in [0, 0.1) is 9.39 Å². The van der Waals surface area contributed by atoms with E-state index in [4.69, 9.17) is 0 Å². The van der Waals surface area contributed by atoms with Crippen molar-refractivity contribution >= 4 is 22.6 Å². The van der Waals surface area contributed by atoms with Crippen LogP contribution >= 0.6 is 22.6 Å². The van der Waals surface area contributed by atoms with Gasteiger partial charge in [0.25, 0.3) is 0 Å². The maximum Gasteiger partial charge on any atom is 0.124 e. The van der Waals surface area contributed by atoms with Crippen molar-refractivity contribution in [3.8, 4) is 0 Å². The van der Waals surface area contributed by atoms with Crippen molar-refractivity contribution in [3.63, 3.8) is 0 Å². The van der Waals surface area contributed by atoms with Gasteiger partial charge in [0, 0.05) is 10.1 Å². The molecule has 1 aliphatic heterocycles. The van der Waals surface area contributed by atoms with Crippen molar-refractivity contribution in [2.75, 3.05) is 26.2 Å². The molecule has 0 aliphatic carbocycles. The van der Waals surface area contributed by atoms with Crippen LogP contribution in [0.4, 0.5) is 4.39 Å². The summed E-state index contributed by atoms with van der Waals surface area (Å²) in [7, 11) is 0. The molecule has 0 unspecified atom stereocenters. The summed E-state index contributed by atoms with van der Waals surface area (Å²) in [5, 5.41) is 3.45. The third-order valence-corrected chi connectivity index (χ3v) is 4.61. The standard InChI is InChI=1S/C15H22FIN2/c16-14-6-5-13(15(17)11-14)12-18-7-4-10-19-8-2-1-3-9-19/h5-6,11,18H,1-4,7-10,12H2. The van der Waals surface area contributed by atoms with E-state index in [0.29, 0.717) is 0 Å². The lowest BCUT2D eigenvalue weighted by Gasteiger charge is -2.26. The quantitative estimate of drug-likeness (QED) is 0.605. The third-order valence-electron chi connectivity index (χ3n) is 3.61. The van der Waals surface area contributed by atoms with Crippen molar-refractivity contribution < 1.29 is 4.39 Å². The zero-order chi connectivity index (χ0) is 13.5. The number of rotatable bonds is 6. The summed E-state index contributed by atoms with van der Waals surface area (Å²) in [5.41, 5.74) is 1.18. The Morgan fingerprint density at radius 2 is 2.00 bits per heavy atom. The summed E-state index contributed by atoms with van der Waals surface area (Å²) in [5.74, 6) is -0.154. The highest BCUT2D eigenvalue weighted by Gasteiger charge is 2.08. The Balaban J connectivity index is 1.61. The Bertz CT molecular complexity index is 392. The SMILES string of the molecule is Fc1ccc(CNCCCN2CCCCC2)c(I)c1. The molecule has 1 saturated heterocycles. The summed E-state index contributed by atoms with van der Waals surface area (Å²) in [4.78, 5) is 2.56. The summed E-state index contributed by atoms with van der Waals surface area (Å²) in [6, 6.07) is 4.99. The Labute approximate surface area is 128 Å². The highest BCUT2D eigenvalue weighted by Crippen LogP contribution is 2.13. The first-order valence-electron chi connectivity index (χ1n) is 7.13. The summed E-state index contributed by atoms with van der Waals surface area (Å²) >= 11 is 2.19. The van der Waals surface area contributed by atoms with E-state index in [-0.39, 0.29) is 5.82 Å². The number of benzene rings is 1. The molecule has 2 rings (SSSR count). The summed E-state index contributed by atoms with van der Waals surface area (Å²) < 4.78 is 14.0. The number of halogens is 2. The van der Waals surface area contributed by atoms with E-state index in [1.54, 1.807) is 6.07 Å². The molecule has 0 radical (unpaired) electrons. The molecule has 0 amide bonds. The molecule has 0 bridgehead atoms. The molecule has 0 aromatic heterocycles. The predicted octanol–water partition coefficient (Wildman–Crippen LogP) is 3.40. The Hall–Kier alpha value is -0.200. The number of hydrogen-bond acceptors (Lipinski definition) is 2. The molecule has 1 N–H and O–H groups in total. The Kier molecular flexibility index (Phi) is 6.53. The molecule has 1 heterocycles. The smallest absolute Gasteiger partial charge is 0.124 e. The van der Waals surface area contributed by atoms with Gasteiger partial charge < -0.3 is 10.2 Å². The normalized spacial score (nSPS) is 16.7. The van der Waals surface area contributed by atoms with Gasteiger partial charge in [-0.1, -0.05) is 12.5 Å². The van der Waals surface area contributed by atoms with Crippen LogP contribution in [0.1, 0.15) is 31.2 Å². The van der Waals surface area contributed by atoms with Gasteiger partial charge in [0.2, 0.25) is 0 Å². The summed E-state index contributed by atoms with van der Waals surface area (Å²) in [6.07, 6.45) is 5.32. The highest BCUT2D eigenvalue weighted by molar-refractivity contribution is 14.1. The molecular formula is C15H22FIN2. The first-order valence-corrected chi connectivity index (χ1v) is 8.20. The van der Waals surface area contributed by atoms with Gasteiger partial charge in [-0.05, 0) is 85.7 Å². The van der Waals surface area contributed by atoms with Crippen LogP contribution in [0.2, 0.25) is 0 Å². The monoisotopic (exact) mass is 376 g/mol. The van der Waals surface area contributed by atoms with Crippen LogP contribution in [0.3, 0.4) is 0 Å². The zero-order valence-corrected chi connectivity index (χ0v) is 13.5. The van der Waals surface area contributed by atoms with Crippen molar-refractivity contribution in [1.29, 1.82) is 0 Å². The van der Waals surface area contributed by atoms with Gasteiger partial charge in [-0.25, -0.2) is 4.39 Å². The molecule has 0 spiro atoms. The molecule has 1 aromatic carbocycles. The lowest BCUT2D eigenvalue weighted by atomic mass is 10.1. The number of hydrogen-bond donors (Lipinski definition) is 1. The minimum atomic E-state index is -0.154. The first kappa shape index (κ1) is 15.2. The van der Waals surface area contributed by atoms with E-state index >= 15 is 0 Å². The van der Waals surface area contributed by atoms with Crippen molar-refractivity contribution in [3.05, 3.63) is 33.1 Å². The molecule has 4 heteroatoms. The number of piperidine rings is 1. The van der Waals surface area contributed by atoms with E-state index < -0.39 is 0 Å². The fraction of sp³-hybridized carbons (Fsp3) is 0.600. The van der Waals surface area contributed by atoms with Crippen molar-refractivity contribution in [2.45, 2.75) is 32.2 Å². The van der Waals surface area contributed by atoms with Crippen molar-refractivity contribution in [1.82, 2.24) is 10.2 Å². The number of nitrogens with one attached hydrogen (secondary N) is 1. The predicted molar refractivity (Wildman–Crippen MR) is 85.7 cm³/mol. The van der Waals surface area contributed by atoms with Crippen LogP contribution in [-0.4, -0.2) is 31.1 Å². The molecule has 1 fully saturated rings. The molecule has 19 heavy (non-hydrogen) atoms. The number of nitrogens with zero attached hydrogens (tertiary/aromatic N) is 1. The topological polar surface area (TPSA) is 15.3 Å². The lowest BCUT2D eigenvalue weighted by Crippen LogP contribution is -2.32. The second-order valence-corrected chi connectivity index (χ2v) is 6.33. The minimum absolute atomic E-state index is 0.154. The second kappa shape index (κ2) is 8.17. The van der Waals surface area contributed by atoms with Crippen LogP contribution < -0.4 is 5.32 Å². The minimum Gasteiger partial charge on any atom is -0.313 e. The van der Waals surface area contributed by atoms with Gasteiger partial charge in [0.05, 0.1) is 0 Å². The molecule has 1 aromatic rings. The molecule has 106 valence electrons. The van der Waals surface area contributed by atoms with E-state index in [9.17, 15) is 4.39 Å². The van der Waals surface area contributed by atoms with Gasteiger partial charge in [0.15, 0.2) is 0 Å². The van der Waals surface area contributed by atoms with Crippen LogP contribution in [-0.2, 0) is 6.54 Å². The Morgan fingerprint density at radius 3 is 2.74 bits per heavy atom. The lowest BCUT2D eigenvalue weighted by molar-refractivity contribution is 0.225. The van der Waals surface area contributed by atoms with Gasteiger partial charge in [0.1, 0.15) is 5.82 Å². The van der Waals surface area contributed by atoms with Crippen LogP contribution in [0.15, 0.2) is 18.2 Å². The van der Waals surface area contributed by atoms with E-state index in [2.05, 4.69) is 32.8 Å². The van der Waals surface area contributed by atoms with Crippen molar-refractivity contribution in [2.24, 2.45) is 0 Å². The Morgan fingerprint density at radius 1 is 1.21 bits per heavy atom. The fourth-order valence-corrected chi connectivity index (χ4v) is 3.17. The highest BCUT2D eigenvalue weighted by atomic mass is 127. The maximum absolute atomic E-state index is 13.0. The van der Waals surface area contributed by atoms with E-state index in [1.807, 2.05) is 6.07 Å². The van der Waals surface area contributed by atoms with E-state index in [1.165, 1.54) is 56.9 Å². The van der Waals surface area contributed by atoms with Crippen LogP contribution in [0.5, 0.6) is 0 Å². The largest absolute Gasteiger partial charge is 0.313 e. The van der Waals surface area contributed by atoms with Gasteiger partial charge in [-0.2, -0.15) is 0 Å². The molecule has 0 saturated carbocycles. The van der Waals surface area contributed by atoms with Gasteiger partial charge in [-0.3, -0.25) is 0 Å². The average molecular weight is 376 g/mol. The van der Waals surface area contributed by atoms with E-state index in [0.717, 1.165) is 16.7 Å². The first-order chi connectivity index (χ1) is 9.25. The van der Waals surface area contributed by atoms with Gasteiger partial charge in [-0.15, -0.1) is 0 Å². The summed E-state index contributed by atoms with van der Waals surface area (Å²) in [6.45, 7) is 5.61.